The van der Waals surface area contributed by atoms with Gasteiger partial charge in [-0.2, -0.15) is 4.98 Å². The molecule has 1 fully saturated rings. The molecule has 2 N–H and O–H groups in total. The van der Waals surface area contributed by atoms with Crippen molar-refractivity contribution >= 4 is 29.2 Å². The van der Waals surface area contributed by atoms with Gasteiger partial charge in [0.2, 0.25) is 11.1 Å². The minimum Gasteiger partial charge on any atom is -0.465 e. The van der Waals surface area contributed by atoms with E-state index < -0.39 is 16.6 Å². The molecule has 1 aromatic heterocycles. The molecule has 2 rings (SSSR count). The molecule has 126 valence electrons. The van der Waals surface area contributed by atoms with E-state index in [1.165, 1.54) is 4.90 Å². The van der Waals surface area contributed by atoms with Gasteiger partial charge in [-0.15, -0.1) is 0 Å². The molecule has 1 aliphatic rings. The highest BCUT2D eigenvalue weighted by Crippen LogP contribution is 2.34. The van der Waals surface area contributed by atoms with Crippen molar-refractivity contribution in [1.29, 1.82) is 0 Å². The second kappa shape index (κ2) is 6.15. The maximum absolute atomic E-state index is 11.4. The molecule has 0 aliphatic heterocycles. The minimum atomic E-state index is -0.975. The Hall–Kier alpha value is -2.16. The zero-order valence-corrected chi connectivity index (χ0v) is 13.7. The van der Waals surface area contributed by atoms with Crippen molar-refractivity contribution in [2.75, 3.05) is 5.32 Å². The average molecular weight is 344 g/mol. The Morgan fingerprint density at radius 1 is 1.52 bits per heavy atom. The van der Waals surface area contributed by atoms with Gasteiger partial charge in [0.25, 0.3) is 0 Å². The van der Waals surface area contributed by atoms with E-state index in [1.807, 2.05) is 20.8 Å². The molecule has 0 spiro atoms. The molecule has 0 bridgehead atoms. The molecule has 1 aliphatic carbocycles. The first-order chi connectivity index (χ1) is 10.6. The highest BCUT2D eigenvalue weighted by molar-refractivity contribution is 6.28. The third kappa shape index (κ3) is 3.79. The lowest BCUT2D eigenvalue weighted by atomic mass is 9.83. The lowest BCUT2D eigenvalue weighted by Gasteiger charge is -2.47. The first kappa shape index (κ1) is 17.2. The van der Waals surface area contributed by atoms with E-state index >= 15 is 0 Å². The maximum Gasteiger partial charge on any atom is 0.407 e. The minimum absolute atomic E-state index is 0.0519. The van der Waals surface area contributed by atoms with E-state index in [0.717, 1.165) is 6.20 Å². The number of carbonyl (C=O) groups is 1. The van der Waals surface area contributed by atoms with Gasteiger partial charge >= 0.3 is 11.8 Å². The monoisotopic (exact) mass is 343 g/mol. The normalized spacial score (nSPS) is 20.5. The van der Waals surface area contributed by atoms with Crippen molar-refractivity contribution in [3.63, 3.8) is 0 Å². The SMILES string of the molecule is CC(C)(C)N(C(=O)O)C1CC(Nc2nc(Cl)ncc2[N+](=O)[O-])C1. The zero-order valence-electron chi connectivity index (χ0n) is 13.0. The van der Waals surface area contributed by atoms with Crippen molar-refractivity contribution < 1.29 is 14.8 Å². The summed E-state index contributed by atoms with van der Waals surface area (Å²) in [5.74, 6) is 0.0519. The number of nitrogens with one attached hydrogen (secondary N) is 1. The summed E-state index contributed by atoms with van der Waals surface area (Å²) in [5.41, 5.74) is -0.769. The van der Waals surface area contributed by atoms with Crippen LogP contribution in [0.3, 0.4) is 0 Å². The van der Waals surface area contributed by atoms with Gasteiger partial charge in [0.1, 0.15) is 6.20 Å². The number of hydrogen-bond acceptors (Lipinski definition) is 6. The Kier molecular flexibility index (Phi) is 4.60. The molecule has 9 nitrogen and oxygen atoms in total. The third-order valence-electron chi connectivity index (χ3n) is 3.68. The van der Waals surface area contributed by atoms with Crippen LogP contribution in [0.25, 0.3) is 0 Å². The Labute approximate surface area is 137 Å². The van der Waals surface area contributed by atoms with E-state index in [1.54, 1.807) is 0 Å². The largest absolute Gasteiger partial charge is 0.465 e. The molecular weight excluding hydrogens is 326 g/mol. The summed E-state index contributed by atoms with van der Waals surface area (Å²) >= 11 is 5.68. The Morgan fingerprint density at radius 2 is 2.13 bits per heavy atom. The van der Waals surface area contributed by atoms with Gasteiger partial charge in [0.15, 0.2) is 0 Å². The molecule has 1 saturated carbocycles. The van der Waals surface area contributed by atoms with Crippen LogP contribution in [0.4, 0.5) is 16.3 Å². The fraction of sp³-hybridized carbons (Fsp3) is 0.615. The first-order valence-electron chi connectivity index (χ1n) is 7.05. The fourth-order valence-corrected chi connectivity index (χ4v) is 2.83. The summed E-state index contributed by atoms with van der Waals surface area (Å²) < 4.78 is 0. The zero-order chi connectivity index (χ0) is 17.4. The summed E-state index contributed by atoms with van der Waals surface area (Å²) in [4.78, 5) is 30.6. The topological polar surface area (TPSA) is 121 Å². The van der Waals surface area contributed by atoms with E-state index in [-0.39, 0.29) is 28.9 Å². The molecule has 0 atom stereocenters. The standard InChI is InChI=1S/C13H18ClN5O4/c1-13(2,3)18(12(20)21)8-4-7(5-8)16-10-9(19(22)23)6-15-11(14)17-10/h6-8H,4-5H2,1-3H3,(H,20,21)(H,15,16,17). The number of rotatable bonds is 4. The van der Waals surface area contributed by atoms with Crippen molar-refractivity contribution in [3.8, 4) is 0 Å². The Morgan fingerprint density at radius 3 is 2.61 bits per heavy atom. The number of nitro groups is 1. The number of hydrogen-bond donors (Lipinski definition) is 2. The fourth-order valence-electron chi connectivity index (χ4n) is 2.69. The van der Waals surface area contributed by atoms with Crippen molar-refractivity contribution in [3.05, 3.63) is 21.6 Å². The lowest BCUT2D eigenvalue weighted by Crippen LogP contribution is -2.58. The summed E-state index contributed by atoms with van der Waals surface area (Å²) in [6.45, 7) is 5.49. The smallest absolute Gasteiger partial charge is 0.407 e. The lowest BCUT2D eigenvalue weighted by molar-refractivity contribution is -0.384. The van der Waals surface area contributed by atoms with Crippen LogP contribution in [0.1, 0.15) is 33.6 Å². The molecule has 10 heteroatoms. The molecule has 1 aromatic rings. The van der Waals surface area contributed by atoms with Crippen LogP contribution in [0.2, 0.25) is 5.28 Å². The van der Waals surface area contributed by atoms with Gasteiger partial charge in [-0.3, -0.25) is 10.1 Å². The summed E-state index contributed by atoms with van der Waals surface area (Å²) in [6, 6.07) is -0.241. The van der Waals surface area contributed by atoms with E-state index in [4.69, 9.17) is 11.6 Å². The second-order valence-corrected chi connectivity index (χ2v) is 6.76. The number of nitrogens with zero attached hydrogens (tertiary/aromatic N) is 4. The molecule has 0 saturated heterocycles. The average Bonchev–Trinajstić information content (AvgIpc) is 2.33. The van der Waals surface area contributed by atoms with Crippen LogP contribution in [0, 0.1) is 10.1 Å². The van der Waals surface area contributed by atoms with Crippen molar-refractivity contribution in [1.82, 2.24) is 14.9 Å². The molecule has 0 aromatic carbocycles. The second-order valence-electron chi connectivity index (χ2n) is 6.42. The Bertz CT molecular complexity index is 627. The van der Waals surface area contributed by atoms with E-state index in [0.29, 0.717) is 12.8 Å². The number of aromatic nitrogens is 2. The highest BCUT2D eigenvalue weighted by atomic mass is 35.5. The number of halogens is 1. The van der Waals surface area contributed by atoms with Gasteiger partial charge in [0.05, 0.1) is 4.92 Å². The number of amides is 1. The molecule has 0 radical (unpaired) electrons. The van der Waals surface area contributed by atoms with Crippen molar-refractivity contribution in [2.24, 2.45) is 0 Å². The van der Waals surface area contributed by atoms with Gasteiger partial charge < -0.3 is 15.3 Å². The predicted octanol–water partition coefficient (Wildman–Crippen LogP) is 2.76. The maximum atomic E-state index is 11.4. The molecule has 23 heavy (non-hydrogen) atoms. The number of anilines is 1. The molecule has 1 amide bonds. The van der Waals surface area contributed by atoms with Crippen molar-refractivity contribution in [2.45, 2.75) is 51.2 Å². The van der Waals surface area contributed by atoms with Gasteiger partial charge in [-0.05, 0) is 45.2 Å². The Balaban J connectivity index is 2.05. The molecule has 1 heterocycles. The number of carboxylic acid groups (broad SMARTS) is 1. The van der Waals surface area contributed by atoms with Crippen LogP contribution in [-0.4, -0.2) is 48.6 Å². The molecule has 0 unspecified atom stereocenters. The van der Waals surface area contributed by atoms with Crippen LogP contribution < -0.4 is 5.32 Å². The van der Waals surface area contributed by atoms with Gasteiger partial charge in [-0.1, -0.05) is 0 Å². The summed E-state index contributed by atoms with van der Waals surface area (Å²) in [6.07, 6.45) is 1.16. The van der Waals surface area contributed by atoms with E-state index in [2.05, 4.69) is 15.3 Å². The van der Waals surface area contributed by atoms with Crippen LogP contribution >= 0.6 is 11.6 Å². The molecular formula is C13H18ClN5O4. The quantitative estimate of drug-likeness (QED) is 0.489. The van der Waals surface area contributed by atoms with Gasteiger partial charge in [-0.25, -0.2) is 9.78 Å². The van der Waals surface area contributed by atoms with Crippen LogP contribution in [-0.2, 0) is 0 Å². The van der Waals surface area contributed by atoms with Crippen LogP contribution in [0.15, 0.2) is 6.20 Å². The summed E-state index contributed by atoms with van der Waals surface area (Å²) in [7, 11) is 0. The van der Waals surface area contributed by atoms with E-state index in [9.17, 15) is 20.0 Å². The first-order valence-corrected chi connectivity index (χ1v) is 7.43. The predicted molar refractivity (Wildman–Crippen MR) is 83.7 cm³/mol. The summed E-state index contributed by atoms with van der Waals surface area (Å²) in [5, 5.41) is 23.2. The highest BCUT2D eigenvalue weighted by Gasteiger charge is 2.41. The van der Waals surface area contributed by atoms with Gasteiger partial charge in [0, 0.05) is 17.6 Å². The van der Waals surface area contributed by atoms with Crippen LogP contribution in [0.5, 0.6) is 0 Å². The third-order valence-corrected chi connectivity index (χ3v) is 3.87.